The van der Waals surface area contributed by atoms with Gasteiger partial charge in [-0.2, -0.15) is 0 Å². The number of anilines is 1. The number of hydrogen-bond donors (Lipinski definition) is 0. The summed E-state index contributed by atoms with van der Waals surface area (Å²) < 4.78 is 5.14. The summed E-state index contributed by atoms with van der Waals surface area (Å²) in [6, 6.07) is 1.59. The van der Waals surface area contributed by atoms with Crippen LogP contribution in [0, 0.1) is 0 Å². The van der Waals surface area contributed by atoms with Crippen LogP contribution in [-0.4, -0.2) is 35.1 Å². The normalized spacial score (nSPS) is 10.6. The van der Waals surface area contributed by atoms with E-state index in [9.17, 15) is 4.79 Å². The van der Waals surface area contributed by atoms with E-state index >= 15 is 0 Å². The molecular weight excluding hydrogens is 242 g/mol. The Labute approximate surface area is 115 Å². The number of ether oxygens (including phenoxy) is 1. The summed E-state index contributed by atoms with van der Waals surface area (Å²) in [7, 11) is 0. The van der Waals surface area contributed by atoms with Gasteiger partial charge in [0, 0.05) is 19.3 Å². The van der Waals surface area contributed by atoms with Crippen molar-refractivity contribution in [3.05, 3.63) is 18.0 Å². The molecule has 0 amide bonds. The first-order chi connectivity index (χ1) is 9.08. The summed E-state index contributed by atoms with van der Waals surface area (Å²) in [5.74, 6) is 0.194. The number of aromatic nitrogens is 2. The second-order valence-electron chi connectivity index (χ2n) is 4.63. The molecule has 0 saturated carbocycles. The van der Waals surface area contributed by atoms with Crippen LogP contribution in [0.15, 0.2) is 12.3 Å². The second kappa shape index (κ2) is 7.71. The Morgan fingerprint density at radius 2 is 2.16 bits per heavy atom. The maximum absolute atomic E-state index is 11.8. The third kappa shape index (κ3) is 4.85. The van der Waals surface area contributed by atoms with E-state index in [0.717, 1.165) is 25.9 Å². The molecule has 0 radical (unpaired) electrons. The van der Waals surface area contributed by atoms with Crippen molar-refractivity contribution in [3.63, 3.8) is 0 Å². The van der Waals surface area contributed by atoms with Crippen LogP contribution in [-0.2, 0) is 4.74 Å². The maximum Gasteiger partial charge on any atom is 0.357 e. The quantitative estimate of drug-likeness (QED) is 0.709. The highest BCUT2D eigenvalue weighted by molar-refractivity contribution is 5.87. The van der Waals surface area contributed by atoms with Crippen LogP contribution < -0.4 is 4.90 Å². The highest BCUT2D eigenvalue weighted by Crippen LogP contribution is 2.10. The third-order valence-electron chi connectivity index (χ3n) is 2.64. The van der Waals surface area contributed by atoms with Crippen molar-refractivity contribution in [1.82, 2.24) is 9.97 Å². The van der Waals surface area contributed by atoms with E-state index in [0.29, 0.717) is 11.6 Å². The van der Waals surface area contributed by atoms with Crippen molar-refractivity contribution in [3.8, 4) is 0 Å². The summed E-state index contributed by atoms with van der Waals surface area (Å²) in [5.41, 5.74) is 0.314. The van der Waals surface area contributed by atoms with Gasteiger partial charge in [-0.1, -0.05) is 13.3 Å². The Morgan fingerprint density at radius 1 is 1.42 bits per heavy atom. The van der Waals surface area contributed by atoms with E-state index in [4.69, 9.17) is 4.74 Å². The molecule has 0 atom stereocenters. The lowest BCUT2D eigenvalue weighted by atomic mass is 10.3. The van der Waals surface area contributed by atoms with Crippen LogP contribution in [0.3, 0.4) is 0 Å². The average molecular weight is 265 g/mol. The zero-order valence-corrected chi connectivity index (χ0v) is 12.2. The molecule has 0 spiro atoms. The van der Waals surface area contributed by atoms with Crippen molar-refractivity contribution in [1.29, 1.82) is 0 Å². The number of hydrogen-bond acceptors (Lipinski definition) is 5. The molecule has 0 aliphatic rings. The number of carbonyl (C=O) groups excluding carboxylic acids is 1. The highest BCUT2D eigenvalue weighted by Gasteiger charge is 2.14. The molecule has 0 aliphatic carbocycles. The summed E-state index contributed by atoms with van der Waals surface area (Å²) in [4.78, 5) is 22.4. The molecule has 0 N–H and O–H groups in total. The fraction of sp³-hybridized carbons (Fsp3) is 0.643. The second-order valence-corrected chi connectivity index (χ2v) is 4.63. The topological polar surface area (TPSA) is 55.3 Å². The summed E-state index contributed by atoms with van der Waals surface area (Å²) in [6.45, 7) is 9.56. The Kier molecular flexibility index (Phi) is 6.25. The molecule has 106 valence electrons. The summed E-state index contributed by atoms with van der Waals surface area (Å²) >= 11 is 0. The first kappa shape index (κ1) is 15.4. The molecule has 1 rings (SSSR count). The largest absolute Gasteiger partial charge is 0.458 e. The van der Waals surface area contributed by atoms with Crippen LogP contribution in [0.4, 0.5) is 5.95 Å². The average Bonchev–Trinajstić information content (AvgIpc) is 2.39. The van der Waals surface area contributed by atoms with Gasteiger partial charge in [0.15, 0.2) is 5.69 Å². The minimum absolute atomic E-state index is 0.145. The number of rotatable bonds is 7. The van der Waals surface area contributed by atoms with Crippen LogP contribution in [0.25, 0.3) is 0 Å². The van der Waals surface area contributed by atoms with Gasteiger partial charge in [0.1, 0.15) is 0 Å². The smallest absolute Gasteiger partial charge is 0.357 e. The molecule has 0 aliphatic heterocycles. The lowest BCUT2D eigenvalue weighted by Gasteiger charge is -2.20. The molecule has 0 fully saturated rings. The van der Waals surface area contributed by atoms with Gasteiger partial charge in [0.2, 0.25) is 5.95 Å². The monoisotopic (exact) mass is 265 g/mol. The highest BCUT2D eigenvalue weighted by atomic mass is 16.5. The standard InChI is InChI=1S/C14H23N3O2/c1-5-7-10-17(6-2)14-15-9-8-12(16-14)13(18)19-11(3)4/h8-9,11H,5-7,10H2,1-4H3. The van der Waals surface area contributed by atoms with Gasteiger partial charge < -0.3 is 9.64 Å². The minimum Gasteiger partial charge on any atom is -0.458 e. The van der Waals surface area contributed by atoms with E-state index in [1.807, 2.05) is 13.8 Å². The van der Waals surface area contributed by atoms with Gasteiger partial charge in [-0.25, -0.2) is 14.8 Å². The Hall–Kier alpha value is -1.65. The van der Waals surface area contributed by atoms with E-state index in [1.54, 1.807) is 12.3 Å². The Bertz CT molecular complexity index is 407. The van der Waals surface area contributed by atoms with Crippen LogP contribution in [0.1, 0.15) is 51.0 Å². The maximum atomic E-state index is 11.8. The molecule has 0 aromatic carbocycles. The molecule has 0 unspecified atom stereocenters. The molecule has 1 aromatic rings. The van der Waals surface area contributed by atoms with Crippen LogP contribution in [0.5, 0.6) is 0 Å². The van der Waals surface area contributed by atoms with Crippen molar-refractivity contribution in [2.75, 3.05) is 18.0 Å². The number of esters is 1. The Morgan fingerprint density at radius 3 is 2.74 bits per heavy atom. The number of carbonyl (C=O) groups is 1. The van der Waals surface area contributed by atoms with E-state index in [2.05, 4.69) is 28.7 Å². The molecule has 1 aromatic heterocycles. The van der Waals surface area contributed by atoms with Gasteiger partial charge in [-0.05, 0) is 33.3 Å². The lowest BCUT2D eigenvalue weighted by molar-refractivity contribution is 0.0370. The lowest BCUT2D eigenvalue weighted by Crippen LogP contribution is -2.26. The molecule has 1 heterocycles. The van der Waals surface area contributed by atoms with E-state index in [1.165, 1.54) is 0 Å². The molecule has 5 nitrogen and oxygen atoms in total. The van der Waals surface area contributed by atoms with Gasteiger partial charge >= 0.3 is 5.97 Å². The van der Waals surface area contributed by atoms with Crippen molar-refractivity contribution < 1.29 is 9.53 Å². The summed E-state index contributed by atoms with van der Waals surface area (Å²) in [5, 5.41) is 0. The third-order valence-corrected chi connectivity index (χ3v) is 2.64. The fourth-order valence-electron chi connectivity index (χ4n) is 1.64. The molecular formula is C14H23N3O2. The summed E-state index contributed by atoms with van der Waals surface area (Å²) in [6.07, 6.45) is 3.66. The first-order valence-corrected chi connectivity index (χ1v) is 6.87. The van der Waals surface area contributed by atoms with Gasteiger partial charge in [0.05, 0.1) is 6.10 Å². The zero-order chi connectivity index (χ0) is 14.3. The molecule has 19 heavy (non-hydrogen) atoms. The van der Waals surface area contributed by atoms with Crippen molar-refractivity contribution >= 4 is 11.9 Å². The van der Waals surface area contributed by atoms with E-state index in [-0.39, 0.29) is 6.10 Å². The predicted octanol–water partition coefficient (Wildman–Crippen LogP) is 2.67. The molecule has 0 saturated heterocycles. The van der Waals surface area contributed by atoms with E-state index < -0.39 is 5.97 Å². The van der Waals surface area contributed by atoms with Gasteiger partial charge in [0.25, 0.3) is 0 Å². The van der Waals surface area contributed by atoms with Crippen LogP contribution in [0.2, 0.25) is 0 Å². The van der Waals surface area contributed by atoms with Crippen molar-refractivity contribution in [2.45, 2.75) is 46.6 Å². The number of unbranched alkanes of at least 4 members (excludes halogenated alkanes) is 1. The molecule has 5 heteroatoms. The van der Waals surface area contributed by atoms with Gasteiger partial charge in [-0.15, -0.1) is 0 Å². The number of nitrogens with zero attached hydrogens (tertiary/aromatic N) is 3. The van der Waals surface area contributed by atoms with Gasteiger partial charge in [-0.3, -0.25) is 0 Å². The zero-order valence-electron chi connectivity index (χ0n) is 12.2. The van der Waals surface area contributed by atoms with Crippen molar-refractivity contribution in [2.24, 2.45) is 0 Å². The Balaban J connectivity index is 2.82. The SMILES string of the molecule is CCCCN(CC)c1nccc(C(=O)OC(C)C)n1. The molecule has 0 bridgehead atoms. The minimum atomic E-state index is -0.398. The fourth-order valence-corrected chi connectivity index (χ4v) is 1.64. The predicted molar refractivity (Wildman–Crippen MR) is 75.4 cm³/mol. The van der Waals surface area contributed by atoms with Crippen LogP contribution >= 0.6 is 0 Å². The first-order valence-electron chi connectivity index (χ1n) is 6.87.